The standard InChI is InChI=1S/C34H42F2N6O5/c1-34(2,3)47-33(45)41-29-11-7-6-10-28(29)39-31(43)30-15-12-23(22-37-30)27(9-5-4-8-16-42-17-19-46-20-18-42)40-32(44)38-24-13-14-25(35)26(36)21-24/h6-7,10-15,21-22,27H,4-5,8-9,16-20H2,1-3H3,(H,39,43)(H,41,45)(H2,38,40,44). The number of pyridine rings is 1. The Hall–Kier alpha value is -4.62. The Morgan fingerprint density at radius 2 is 1.64 bits per heavy atom. The summed E-state index contributed by atoms with van der Waals surface area (Å²) in [6.45, 7) is 9.56. The van der Waals surface area contributed by atoms with Crippen LogP contribution in [0.4, 0.5) is 35.4 Å². The van der Waals surface area contributed by atoms with Crippen LogP contribution < -0.4 is 21.3 Å². The van der Waals surface area contributed by atoms with Crippen LogP contribution in [-0.4, -0.2) is 66.4 Å². The molecule has 4 amide bonds. The van der Waals surface area contributed by atoms with Gasteiger partial charge < -0.3 is 25.4 Å². The minimum absolute atomic E-state index is 0.109. The molecule has 1 aromatic heterocycles. The van der Waals surface area contributed by atoms with Crippen LogP contribution in [0.3, 0.4) is 0 Å². The molecule has 0 saturated carbocycles. The van der Waals surface area contributed by atoms with Crippen molar-refractivity contribution in [1.29, 1.82) is 0 Å². The van der Waals surface area contributed by atoms with Crippen molar-refractivity contribution in [2.75, 3.05) is 48.8 Å². The summed E-state index contributed by atoms with van der Waals surface area (Å²) in [7, 11) is 0. The summed E-state index contributed by atoms with van der Waals surface area (Å²) < 4.78 is 37.8. The van der Waals surface area contributed by atoms with E-state index in [9.17, 15) is 23.2 Å². The molecule has 0 radical (unpaired) electrons. The third-order valence-corrected chi connectivity index (χ3v) is 7.29. The quantitative estimate of drug-likeness (QED) is 0.160. The second kappa shape index (κ2) is 16.8. The first-order chi connectivity index (χ1) is 22.5. The molecule has 4 rings (SSSR count). The largest absolute Gasteiger partial charge is 0.444 e. The fourth-order valence-electron chi connectivity index (χ4n) is 4.95. The van der Waals surface area contributed by atoms with Gasteiger partial charge in [-0.25, -0.2) is 18.4 Å². The maximum atomic E-state index is 13.7. The number of morpholine rings is 1. The zero-order valence-corrected chi connectivity index (χ0v) is 26.9. The van der Waals surface area contributed by atoms with E-state index in [0.29, 0.717) is 23.4 Å². The number of hydrogen-bond acceptors (Lipinski definition) is 7. The second-order valence-corrected chi connectivity index (χ2v) is 12.2. The second-order valence-electron chi connectivity index (χ2n) is 12.2. The number of nitrogens with zero attached hydrogens (tertiary/aromatic N) is 2. The SMILES string of the molecule is CC(C)(C)OC(=O)Nc1ccccc1NC(=O)c1ccc(C(CCCCCN2CCOCC2)NC(=O)Nc2ccc(F)c(F)c2)cn1. The smallest absolute Gasteiger partial charge is 0.412 e. The Labute approximate surface area is 273 Å². The van der Waals surface area contributed by atoms with E-state index >= 15 is 0 Å². The molecular formula is C34H42F2N6O5. The van der Waals surface area contributed by atoms with Gasteiger partial charge in [0, 0.05) is 31.0 Å². The molecule has 1 saturated heterocycles. The van der Waals surface area contributed by atoms with Crippen molar-refractivity contribution in [2.45, 2.75) is 58.1 Å². The van der Waals surface area contributed by atoms with Crippen LogP contribution in [0.25, 0.3) is 0 Å². The van der Waals surface area contributed by atoms with E-state index in [0.717, 1.165) is 64.2 Å². The Bertz CT molecular complexity index is 1510. The molecule has 1 unspecified atom stereocenters. The summed E-state index contributed by atoms with van der Waals surface area (Å²) in [6.07, 6.45) is 4.20. The molecule has 1 fully saturated rings. The van der Waals surface area contributed by atoms with Gasteiger partial charge in [-0.2, -0.15) is 0 Å². The highest BCUT2D eigenvalue weighted by atomic mass is 19.2. The van der Waals surface area contributed by atoms with Crippen LogP contribution in [0.5, 0.6) is 0 Å². The average Bonchev–Trinajstić information content (AvgIpc) is 3.02. The molecular weight excluding hydrogens is 610 g/mol. The normalized spacial score (nSPS) is 14.1. The van der Waals surface area contributed by atoms with E-state index in [1.807, 2.05) is 0 Å². The molecule has 2 aromatic carbocycles. The lowest BCUT2D eigenvalue weighted by atomic mass is 10.0. The number of hydrogen-bond donors (Lipinski definition) is 4. The zero-order valence-electron chi connectivity index (χ0n) is 26.9. The number of ether oxygens (including phenoxy) is 2. The maximum absolute atomic E-state index is 13.7. The van der Waals surface area contributed by atoms with Crippen LogP contribution in [0.2, 0.25) is 0 Å². The molecule has 47 heavy (non-hydrogen) atoms. The first kappa shape index (κ1) is 35.2. The Morgan fingerprint density at radius 3 is 2.30 bits per heavy atom. The molecule has 1 aliphatic heterocycles. The van der Waals surface area contributed by atoms with E-state index < -0.39 is 41.3 Å². The molecule has 11 nitrogen and oxygen atoms in total. The number of urea groups is 1. The fraction of sp³-hybridized carbons (Fsp3) is 0.412. The van der Waals surface area contributed by atoms with Gasteiger partial charge in [-0.1, -0.05) is 31.0 Å². The lowest BCUT2D eigenvalue weighted by Gasteiger charge is -2.26. The van der Waals surface area contributed by atoms with Gasteiger partial charge in [0.15, 0.2) is 11.6 Å². The van der Waals surface area contributed by atoms with E-state index in [1.54, 1.807) is 57.2 Å². The van der Waals surface area contributed by atoms with Crippen LogP contribution in [0.15, 0.2) is 60.8 Å². The monoisotopic (exact) mass is 652 g/mol. The van der Waals surface area contributed by atoms with Gasteiger partial charge in [0.25, 0.3) is 5.91 Å². The predicted molar refractivity (Wildman–Crippen MR) is 175 cm³/mol. The molecule has 0 bridgehead atoms. The summed E-state index contributed by atoms with van der Waals surface area (Å²) in [5, 5.41) is 10.9. The molecule has 1 atom stereocenters. The fourth-order valence-corrected chi connectivity index (χ4v) is 4.95. The highest BCUT2D eigenvalue weighted by Crippen LogP contribution is 2.24. The number of aromatic nitrogens is 1. The highest BCUT2D eigenvalue weighted by molar-refractivity contribution is 6.05. The molecule has 0 spiro atoms. The minimum atomic E-state index is -1.07. The van der Waals surface area contributed by atoms with Crippen LogP contribution in [-0.2, 0) is 9.47 Å². The van der Waals surface area contributed by atoms with Crippen LogP contribution in [0, 0.1) is 11.6 Å². The number of unbranched alkanes of at least 4 members (excludes halogenated alkanes) is 2. The van der Waals surface area contributed by atoms with Crippen molar-refractivity contribution in [1.82, 2.24) is 15.2 Å². The van der Waals surface area contributed by atoms with E-state index in [-0.39, 0.29) is 11.4 Å². The predicted octanol–water partition coefficient (Wildman–Crippen LogP) is 6.71. The molecule has 1 aliphatic rings. The van der Waals surface area contributed by atoms with E-state index in [2.05, 4.69) is 31.2 Å². The van der Waals surface area contributed by atoms with Crippen molar-refractivity contribution in [3.05, 3.63) is 83.7 Å². The summed E-state index contributed by atoms with van der Waals surface area (Å²) >= 11 is 0. The van der Waals surface area contributed by atoms with Crippen LogP contribution >= 0.6 is 0 Å². The molecule has 3 aromatic rings. The van der Waals surface area contributed by atoms with Crippen molar-refractivity contribution in [3.8, 4) is 0 Å². The lowest BCUT2D eigenvalue weighted by Crippen LogP contribution is -2.36. The number of halogens is 2. The van der Waals surface area contributed by atoms with Gasteiger partial charge in [-0.15, -0.1) is 0 Å². The van der Waals surface area contributed by atoms with E-state index in [1.165, 1.54) is 12.3 Å². The topological polar surface area (TPSA) is 134 Å². The first-order valence-corrected chi connectivity index (χ1v) is 15.7. The van der Waals surface area contributed by atoms with Gasteiger partial charge in [0.1, 0.15) is 11.3 Å². The maximum Gasteiger partial charge on any atom is 0.412 e. The highest BCUT2D eigenvalue weighted by Gasteiger charge is 2.20. The molecule has 0 aliphatic carbocycles. The lowest BCUT2D eigenvalue weighted by molar-refractivity contribution is 0.0371. The van der Waals surface area contributed by atoms with Crippen molar-refractivity contribution in [3.63, 3.8) is 0 Å². The number of anilines is 3. The zero-order chi connectivity index (χ0) is 33.8. The van der Waals surface area contributed by atoms with Crippen molar-refractivity contribution >= 4 is 35.1 Å². The van der Waals surface area contributed by atoms with E-state index in [4.69, 9.17) is 9.47 Å². The Kier molecular flexibility index (Phi) is 12.6. The summed E-state index contributed by atoms with van der Waals surface area (Å²) in [5.74, 6) is -2.58. The van der Waals surface area contributed by atoms with Crippen molar-refractivity contribution in [2.24, 2.45) is 0 Å². The summed E-state index contributed by atoms with van der Waals surface area (Å²) in [5.41, 5.74) is 0.926. The summed E-state index contributed by atoms with van der Waals surface area (Å²) in [6, 6.07) is 12.0. The van der Waals surface area contributed by atoms with Gasteiger partial charge in [-0.3, -0.25) is 20.0 Å². The average molecular weight is 653 g/mol. The third-order valence-electron chi connectivity index (χ3n) is 7.29. The molecule has 2 heterocycles. The number of carbonyl (C=O) groups excluding carboxylic acids is 3. The van der Waals surface area contributed by atoms with Gasteiger partial charge in [0.2, 0.25) is 0 Å². The van der Waals surface area contributed by atoms with Gasteiger partial charge in [-0.05, 0) is 76.1 Å². The summed E-state index contributed by atoms with van der Waals surface area (Å²) in [4.78, 5) is 45.0. The third kappa shape index (κ3) is 11.6. The molecule has 13 heteroatoms. The van der Waals surface area contributed by atoms with Crippen molar-refractivity contribution < 1.29 is 32.6 Å². The Balaban J connectivity index is 1.40. The number of rotatable bonds is 12. The number of amides is 4. The Morgan fingerprint density at radius 1 is 0.915 bits per heavy atom. The minimum Gasteiger partial charge on any atom is -0.444 e. The number of nitrogens with one attached hydrogen (secondary N) is 4. The number of benzene rings is 2. The van der Waals surface area contributed by atoms with Gasteiger partial charge in [0.05, 0.1) is 30.6 Å². The molecule has 252 valence electrons. The number of para-hydroxylation sites is 2. The molecule has 4 N–H and O–H groups in total. The first-order valence-electron chi connectivity index (χ1n) is 15.7. The van der Waals surface area contributed by atoms with Gasteiger partial charge >= 0.3 is 12.1 Å². The number of carbonyl (C=O) groups is 3. The van der Waals surface area contributed by atoms with Crippen LogP contribution in [0.1, 0.15) is 68.5 Å².